The van der Waals surface area contributed by atoms with Crippen LogP contribution in [0.2, 0.25) is 0 Å². The highest BCUT2D eigenvalue weighted by molar-refractivity contribution is 7.85. The van der Waals surface area contributed by atoms with Gasteiger partial charge in [-0.15, -0.1) is 0 Å². The van der Waals surface area contributed by atoms with Crippen molar-refractivity contribution in [2.45, 2.75) is 31.6 Å². The number of aryl methyl sites for hydroxylation is 1. The summed E-state index contributed by atoms with van der Waals surface area (Å²) in [6.07, 6.45) is 9.24. The summed E-state index contributed by atoms with van der Waals surface area (Å²) < 4.78 is 11.6. The van der Waals surface area contributed by atoms with E-state index in [1.54, 1.807) is 11.1 Å². The maximum absolute atomic E-state index is 11.6. The van der Waals surface area contributed by atoms with Crippen molar-refractivity contribution in [1.29, 1.82) is 0 Å². The number of hydrogen-bond acceptors (Lipinski definition) is 4. The maximum atomic E-state index is 11.6. The van der Waals surface area contributed by atoms with Crippen LogP contribution >= 0.6 is 0 Å². The summed E-state index contributed by atoms with van der Waals surface area (Å²) in [7, 11) is -0.658. The Balaban J connectivity index is 1.63. The second-order valence-electron chi connectivity index (χ2n) is 6.93. The van der Waals surface area contributed by atoms with Gasteiger partial charge < -0.3 is 5.73 Å². The molecule has 136 valence electrons. The normalized spacial score (nSPS) is 22.7. The second kappa shape index (κ2) is 7.15. The smallest absolute Gasteiger partial charge is 0.320 e. The van der Waals surface area contributed by atoms with Crippen molar-refractivity contribution in [3.05, 3.63) is 41.9 Å². The number of anilines is 1. The number of fused-ring (bicyclic) bond motifs is 1. The number of pyridine rings is 2. The molecule has 2 aliphatic heterocycles. The molecule has 4 rings (SSSR count). The van der Waals surface area contributed by atoms with Crippen LogP contribution in [0.3, 0.4) is 0 Å². The molecular formula is C19H22N4O2S. The molecule has 2 aliphatic rings. The minimum absolute atomic E-state index is 0.427. The first-order valence-corrected chi connectivity index (χ1v) is 10.5. The van der Waals surface area contributed by atoms with Crippen LogP contribution in [-0.4, -0.2) is 38.3 Å². The van der Waals surface area contributed by atoms with E-state index in [0.717, 1.165) is 53.9 Å². The van der Waals surface area contributed by atoms with Crippen molar-refractivity contribution in [3.63, 3.8) is 0 Å². The van der Waals surface area contributed by atoms with Gasteiger partial charge in [0, 0.05) is 58.6 Å². The molecule has 26 heavy (non-hydrogen) atoms. The molecule has 0 aromatic carbocycles. The van der Waals surface area contributed by atoms with Crippen molar-refractivity contribution < 1.29 is 9.00 Å². The number of rotatable bonds is 2. The molecule has 0 atom stereocenters. The van der Waals surface area contributed by atoms with Gasteiger partial charge in [0.25, 0.3) is 0 Å². The molecule has 4 heterocycles. The number of primary amides is 1. The molecule has 0 aliphatic carbocycles. The molecule has 7 heteroatoms. The van der Waals surface area contributed by atoms with Crippen LogP contribution in [0.15, 0.2) is 30.7 Å². The fourth-order valence-corrected chi connectivity index (χ4v) is 5.10. The summed E-state index contributed by atoms with van der Waals surface area (Å²) in [5, 5.41) is 0. The summed E-state index contributed by atoms with van der Waals surface area (Å²) in [6, 6.07) is 3.81. The fraction of sp³-hybridized carbons (Fsp3) is 0.421. The summed E-state index contributed by atoms with van der Waals surface area (Å²) in [5.74, 6) is 2.65. The van der Waals surface area contributed by atoms with Gasteiger partial charge in [-0.3, -0.25) is 14.1 Å². The highest BCUT2D eigenvalue weighted by Gasteiger charge is 2.23. The fourth-order valence-electron chi connectivity index (χ4n) is 3.80. The first kappa shape index (κ1) is 17.1. The van der Waals surface area contributed by atoms with Crippen molar-refractivity contribution in [1.82, 2.24) is 9.97 Å². The third-order valence-corrected chi connectivity index (χ3v) is 6.63. The Morgan fingerprint density at radius 3 is 2.69 bits per heavy atom. The van der Waals surface area contributed by atoms with E-state index < -0.39 is 16.8 Å². The lowest BCUT2D eigenvalue weighted by atomic mass is 9.92. The van der Waals surface area contributed by atoms with E-state index in [0.29, 0.717) is 18.3 Å². The van der Waals surface area contributed by atoms with Gasteiger partial charge >= 0.3 is 6.03 Å². The number of aromatic nitrogens is 2. The van der Waals surface area contributed by atoms with E-state index in [-0.39, 0.29) is 0 Å². The largest absolute Gasteiger partial charge is 0.351 e. The molecular weight excluding hydrogens is 348 g/mol. The minimum atomic E-state index is -0.658. The zero-order valence-electron chi connectivity index (χ0n) is 14.6. The Hall–Kier alpha value is -2.28. The Kier molecular flexibility index (Phi) is 4.72. The standard InChI is InChI=1S/C19H22N4O2S/c20-19(24)23-5-1-2-14-8-17(12-22-18(14)23)16-9-15(10-21-11-16)13-3-6-26(25)7-4-13/h8-13H,1-7H2,(H2,20,24). The number of nitrogens with zero attached hydrogens (tertiary/aromatic N) is 3. The lowest BCUT2D eigenvalue weighted by Gasteiger charge is -2.27. The van der Waals surface area contributed by atoms with Gasteiger partial charge in [-0.25, -0.2) is 9.78 Å². The molecule has 1 fully saturated rings. The number of urea groups is 1. The monoisotopic (exact) mass is 370 g/mol. The summed E-state index contributed by atoms with van der Waals surface area (Å²) in [6.45, 7) is 0.620. The Bertz CT molecular complexity index is 860. The Morgan fingerprint density at radius 1 is 1.15 bits per heavy atom. The Morgan fingerprint density at radius 2 is 1.92 bits per heavy atom. The predicted molar refractivity (Wildman–Crippen MR) is 103 cm³/mol. The molecule has 2 amide bonds. The molecule has 2 aromatic rings. The molecule has 2 N–H and O–H groups in total. The number of carbonyl (C=O) groups excluding carboxylic acids is 1. The molecule has 0 bridgehead atoms. The lowest BCUT2D eigenvalue weighted by Crippen LogP contribution is -2.40. The zero-order chi connectivity index (χ0) is 18.1. The molecule has 6 nitrogen and oxygen atoms in total. The topological polar surface area (TPSA) is 89.2 Å². The number of hydrogen-bond donors (Lipinski definition) is 1. The lowest BCUT2D eigenvalue weighted by molar-refractivity contribution is 0.253. The molecule has 2 aromatic heterocycles. The SMILES string of the molecule is NC(=O)N1CCCc2cc(-c3cncc(C4CCS(=O)CC4)c3)cnc21. The zero-order valence-corrected chi connectivity index (χ0v) is 15.4. The first-order valence-electron chi connectivity index (χ1n) is 8.98. The average Bonchev–Trinajstić information content (AvgIpc) is 2.67. The van der Waals surface area contributed by atoms with Gasteiger partial charge in [-0.05, 0) is 54.9 Å². The van der Waals surface area contributed by atoms with Gasteiger partial charge in [-0.2, -0.15) is 0 Å². The van der Waals surface area contributed by atoms with Crippen LogP contribution < -0.4 is 10.6 Å². The van der Waals surface area contributed by atoms with Crippen LogP contribution in [0.1, 0.15) is 36.3 Å². The third-order valence-electron chi connectivity index (χ3n) is 5.24. The average molecular weight is 370 g/mol. The van der Waals surface area contributed by atoms with Crippen molar-refractivity contribution >= 4 is 22.6 Å². The van der Waals surface area contributed by atoms with Gasteiger partial charge in [0.05, 0.1) is 0 Å². The highest BCUT2D eigenvalue weighted by Crippen LogP contribution is 2.32. The van der Waals surface area contributed by atoms with E-state index in [4.69, 9.17) is 5.73 Å². The number of carbonyl (C=O) groups is 1. The van der Waals surface area contributed by atoms with Crippen molar-refractivity contribution in [2.24, 2.45) is 5.73 Å². The molecule has 0 radical (unpaired) electrons. The molecule has 0 spiro atoms. The third kappa shape index (κ3) is 3.35. The van der Waals surface area contributed by atoms with E-state index in [2.05, 4.69) is 22.1 Å². The van der Waals surface area contributed by atoms with Crippen LogP contribution in [0, 0.1) is 0 Å². The number of nitrogens with two attached hydrogens (primary N) is 1. The molecule has 0 saturated carbocycles. The second-order valence-corrected chi connectivity index (χ2v) is 8.63. The number of amides is 2. The van der Waals surface area contributed by atoms with E-state index >= 15 is 0 Å². The predicted octanol–water partition coefficient (Wildman–Crippen LogP) is 2.60. The van der Waals surface area contributed by atoms with Crippen LogP contribution in [0.5, 0.6) is 0 Å². The minimum Gasteiger partial charge on any atom is -0.351 e. The first-order chi connectivity index (χ1) is 12.6. The summed E-state index contributed by atoms with van der Waals surface area (Å²) in [5.41, 5.74) is 9.74. The van der Waals surface area contributed by atoms with E-state index in [9.17, 15) is 9.00 Å². The quantitative estimate of drug-likeness (QED) is 0.880. The highest BCUT2D eigenvalue weighted by atomic mass is 32.2. The van der Waals surface area contributed by atoms with Gasteiger partial charge in [0.2, 0.25) is 0 Å². The van der Waals surface area contributed by atoms with E-state index in [1.807, 2.05) is 12.4 Å². The van der Waals surface area contributed by atoms with Gasteiger partial charge in [0.1, 0.15) is 5.82 Å². The van der Waals surface area contributed by atoms with Gasteiger partial charge in [0.15, 0.2) is 0 Å². The van der Waals surface area contributed by atoms with E-state index in [1.165, 1.54) is 5.56 Å². The molecule has 0 unspecified atom stereocenters. The summed E-state index contributed by atoms with van der Waals surface area (Å²) >= 11 is 0. The van der Waals surface area contributed by atoms with Crippen LogP contribution in [0.4, 0.5) is 10.6 Å². The Labute approximate surface area is 155 Å². The van der Waals surface area contributed by atoms with Crippen LogP contribution in [0.25, 0.3) is 11.1 Å². The van der Waals surface area contributed by atoms with Crippen LogP contribution in [-0.2, 0) is 17.2 Å². The van der Waals surface area contributed by atoms with Crippen molar-refractivity contribution in [3.8, 4) is 11.1 Å². The van der Waals surface area contributed by atoms with Crippen molar-refractivity contribution in [2.75, 3.05) is 23.0 Å². The van der Waals surface area contributed by atoms with Gasteiger partial charge in [-0.1, -0.05) is 0 Å². The summed E-state index contributed by atoms with van der Waals surface area (Å²) in [4.78, 5) is 22.1. The maximum Gasteiger partial charge on any atom is 0.320 e. The molecule has 1 saturated heterocycles.